The lowest BCUT2D eigenvalue weighted by Gasteiger charge is -2.36. The van der Waals surface area contributed by atoms with Gasteiger partial charge < -0.3 is 9.32 Å². The number of likely N-dealkylation sites (tertiary alicyclic amines) is 1. The summed E-state index contributed by atoms with van der Waals surface area (Å²) in [6.45, 7) is 3.40. The summed E-state index contributed by atoms with van der Waals surface area (Å²) in [6.07, 6.45) is 4.34. The maximum atomic E-state index is 5.49. The van der Waals surface area contributed by atoms with Crippen molar-refractivity contribution in [2.24, 2.45) is 0 Å². The highest BCUT2D eigenvalue weighted by Gasteiger charge is 2.21. The Bertz CT molecular complexity index is 562. The van der Waals surface area contributed by atoms with Gasteiger partial charge in [0.1, 0.15) is 5.76 Å². The number of hydrogen-bond donors (Lipinski definition) is 0. The van der Waals surface area contributed by atoms with Gasteiger partial charge in [-0.05, 0) is 57.2 Å². The van der Waals surface area contributed by atoms with E-state index in [1.165, 1.54) is 30.5 Å². The molecule has 0 unspecified atom stereocenters. The molecule has 0 spiro atoms. The largest absolute Gasteiger partial charge is 0.464 e. The minimum absolute atomic E-state index is 0.687. The van der Waals surface area contributed by atoms with Gasteiger partial charge in [0, 0.05) is 24.7 Å². The first-order chi connectivity index (χ1) is 10.2. The van der Waals surface area contributed by atoms with Gasteiger partial charge in [0.25, 0.3) is 0 Å². The zero-order valence-electron chi connectivity index (χ0n) is 13.0. The second-order valence-corrected chi connectivity index (χ2v) is 6.17. The quantitative estimate of drug-likeness (QED) is 0.857. The van der Waals surface area contributed by atoms with Crippen molar-refractivity contribution in [2.75, 3.05) is 27.2 Å². The summed E-state index contributed by atoms with van der Waals surface area (Å²) < 4.78 is 5.49. The van der Waals surface area contributed by atoms with Crippen LogP contribution in [-0.2, 0) is 6.54 Å². The van der Waals surface area contributed by atoms with Gasteiger partial charge in [0.05, 0.1) is 6.26 Å². The van der Waals surface area contributed by atoms with Gasteiger partial charge in [0.15, 0.2) is 0 Å². The third-order valence-corrected chi connectivity index (χ3v) is 4.35. The van der Waals surface area contributed by atoms with E-state index in [9.17, 15) is 0 Å². The van der Waals surface area contributed by atoms with Crippen LogP contribution in [-0.4, -0.2) is 43.0 Å². The van der Waals surface area contributed by atoms with E-state index < -0.39 is 0 Å². The molecule has 0 N–H and O–H groups in total. The highest BCUT2D eigenvalue weighted by atomic mass is 16.3. The Morgan fingerprint density at radius 2 is 2.14 bits per heavy atom. The predicted molar refractivity (Wildman–Crippen MR) is 86.1 cm³/mol. The molecule has 1 saturated heterocycles. The minimum Gasteiger partial charge on any atom is -0.464 e. The molecule has 21 heavy (non-hydrogen) atoms. The maximum absolute atomic E-state index is 5.49. The highest BCUT2D eigenvalue weighted by Crippen LogP contribution is 2.22. The number of benzene rings is 1. The molecule has 1 aromatic carbocycles. The summed E-state index contributed by atoms with van der Waals surface area (Å²) in [5.41, 5.74) is 2.53. The Balaban J connectivity index is 1.69. The first-order valence-corrected chi connectivity index (χ1v) is 7.74. The molecule has 3 rings (SSSR count). The lowest BCUT2D eigenvalue weighted by Crippen LogP contribution is -2.44. The van der Waals surface area contributed by atoms with Crippen LogP contribution in [0.5, 0.6) is 0 Å². The van der Waals surface area contributed by atoms with Gasteiger partial charge in [-0.3, -0.25) is 4.90 Å². The number of rotatable bonds is 4. The Morgan fingerprint density at radius 3 is 2.90 bits per heavy atom. The van der Waals surface area contributed by atoms with Crippen LogP contribution >= 0.6 is 0 Å². The summed E-state index contributed by atoms with van der Waals surface area (Å²) in [7, 11) is 4.37. The first kappa shape index (κ1) is 14.4. The molecule has 112 valence electrons. The van der Waals surface area contributed by atoms with Crippen molar-refractivity contribution >= 4 is 0 Å². The molecular formula is C18H24N2O. The third kappa shape index (κ3) is 3.55. The predicted octanol–water partition coefficient (Wildman–Crippen LogP) is 3.47. The van der Waals surface area contributed by atoms with Gasteiger partial charge in [-0.2, -0.15) is 0 Å². The van der Waals surface area contributed by atoms with Crippen LogP contribution in [0.4, 0.5) is 0 Å². The molecule has 1 aliphatic heterocycles. The van der Waals surface area contributed by atoms with Gasteiger partial charge in [-0.15, -0.1) is 0 Å². The van der Waals surface area contributed by atoms with E-state index in [1.54, 1.807) is 6.26 Å². The Hall–Kier alpha value is -1.58. The maximum Gasteiger partial charge on any atom is 0.133 e. The first-order valence-electron chi connectivity index (χ1n) is 7.74. The highest BCUT2D eigenvalue weighted by molar-refractivity contribution is 5.58. The van der Waals surface area contributed by atoms with Crippen molar-refractivity contribution in [3.63, 3.8) is 0 Å². The van der Waals surface area contributed by atoms with Crippen LogP contribution in [0.15, 0.2) is 47.1 Å². The van der Waals surface area contributed by atoms with Gasteiger partial charge >= 0.3 is 0 Å². The molecule has 0 aliphatic carbocycles. The molecule has 0 amide bonds. The fraction of sp³-hybridized carbons (Fsp3) is 0.444. The molecule has 3 nitrogen and oxygen atoms in total. The van der Waals surface area contributed by atoms with E-state index in [-0.39, 0.29) is 0 Å². The fourth-order valence-electron chi connectivity index (χ4n) is 3.12. The van der Waals surface area contributed by atoms with Crippen LogP contribution in [0.2, 0.25) is 0 Å². The summed E-state index contributed by atoms with van der Waals surface area (Å²) in [4.78, 5) is 4.92. The minimum atomic E-state index is 0.687. The van der Waals surface area contributed by atoms with E-state index in [2.05, 4.69) is 48.2 Å². The van der Waals surface area contributed by atoms with Gasteiger partial charge in [-0.1, -0.05) is 18.2 Å². The standard InChI is InChI=1S/C18H24N2O/c1-19(2)17-8-4-10-20(14-17)13-15-6-3-7-16(12-15)18-9-5-11-21-18/h3,5-7,9,11-12,17H,4,8,10,13-14H2,1-2H3/t17-/m0/s1. The van der Waals surface area contributed by atoms with Crippen LogP contribution < -0.4 is 0 Å². The van der Waals surface area contributed by atoms with E-state index >= 15 is 0 Å². The topological polar surface area (TPSA) is 19.6 Å². The Labute approximate surface area is 127 Å². The molecule has 1 aliphatic rings. The zero-order chi connectivity index (χ0) is 14.7. The van der Waals surface area contributed by atoms with Crippen molar-refractivity contribution in [3.05, 3.63) is 48.2 Å². The van der Waals surface area contributed by atoms with Crippen molar-refractivity contribution in [2.45, 2.75) is 25.4 Å². The number of furan rings is 1. The third-order valence-electron chi connectivity index (χ3n) is 4.35. The fourth-order valence-corrected chi connectivity index (χ4v) is 3.12. The molecule has 0 saturated carbocycles. The average Bonchev–Trinajstić information content (AvgIpc) is 3.02. The molecule has 0 radical (unpaired) electrons. The molecular weight excluding hydrogens is 260 g/mol. The SMILES string of the molecule is CN(C)[C@H]1CCCN(Cc2cccc(-c3ccco3)c2)C1. The van der Waals surface area contributed by atoms with Crippen LogP contribution in [0.1, 0.15) is 18.4 Å². The number of likely N-dealkylation sites (N-methyl/N-ethyl adjacent to an activating group) is 1. The van der Waals surface area contributed by atoms with E-state index in [0.29, 0.717) is 6.04 Å². The van der Waals surface area contributed by atoms with Crippen molar-refractivity contribution in [1.29, 1.82) is 0 Å². The summed E-state index contributed by atoms with van der Waals surface area (Å²) in [5, 5.41) is 0. The van der Waals surface area contributed by atoms with Crippen LogP contribution in [0, 0.1) is 0 Å². The normalized spacial score (nSPS) is 20.0. The monoisotopic (exact) mass is 284 g/mol. The van der Waals surface area contributed by atoms with Crippen LogP contribution in [0.25, 0.3) is 11.3 Å². The summed E-state index contributed by atoms with van der Waals surface area (Å²) in [5.74, 6) is 0.946. The lowest BCUT2D eigenvalue weighted by atomic mass is 10.0. The Morgan fingerprint density at radius 1 is 1.24 bits per heavy atom. The molecule has 1 atom stereocenters. The molecule has 2 heterocycles. The molecule has 2 aromatic rings. The molecule has 1 aromatic heterocycles. The number of piperidine rings is 1. The smallest absolute Gasteiger partial charge is 0.133 e. The Kier molecular flexibility index (Phi) is 4.42. The zero-order valence-corrected chi connectivity index (χ0v) is 13.0. The van der Waals surface area contributed by atoms with Crippen molar-refractivity contribution in [1.82, 2.24) is 9.80 Å². The average molecular weight is 284 g/mol. The lowest BCUT2D eigenvalue weighted by molar-refractivity contribution is 0.128. The van der Waals surface area contributed by atoms with E-state index in [1.807, 2.05) is 12.1 Å². The number of hydrogen-bond acceptors (Lipinski definition) is 3. The van der Waals surface area contributed by atoms with Crippen molar-refractivity contribution < 1.29 is 4.42 Å². The van der Waals surface area contributed by atoms with Gasteiger partial charge in [0.2, 0.25) is 0 Å². The van der Waals surface area contributed by atoms with Crippen LogP contribution in [0.3, 0.4) is 0 Å². The second kappa shape index (κ2) is 6.46. The molecule has 1 fully saturated rings. The summed E-state index contributed by atoms with van der Waals surface area (Å²) in [6, 6.07) is 13.3. The molecule has 3 heteroatoms. The molecule has 0 bridgehead atoms. The second-order valence-electron chi connectivity index (χ2n) is 6.17. The van der Waals surface area contributed by atoms with E-state index in [4.69, 9.17) is 4.42 Å². The number of nitrogens with zero attached hydrogens (tertiary/aromatic N) is 2. The van der Waals surface area contributed by atoms with Crippen molar-refractivity contribution in [3.8, 4) is 11.3 Å². The van der Waals surface area contributed by atoms with E-state index in [0.717, 1.165) is 18.8 Å². The van der Waals surface area contributed by atoms with Gasteiger partial charge in [-0.25, -0.2) is 0 Å². The summed E-state index contributed by atoms with van der Waals surface area (Å²) >= 11 is 0.